The van der Waals surface area contributed by atoms with Crippen LogP contribution in [0.15, 0.2) is 11.8 Å². The van der Waals surface area contributed by atoms with Crippen LogP contribution in [0.1, 0.15) is 25.7 Å². The predicted octanol–water partition coefficient (Wildman–Crippen LogP) is 1.82. The Kier molecular flexibility index (Phi) is 1.48. The van der Waals surface area contributed by atoms with Crippen LogP contribution in [-0.4, -0.2) is 10.9 Å². The molecule has 1 saturated carbocycles. The molecule has 0 bridgehead atoms. The Labute approximate surface area is 65.9 Å². The maximum absolute atomic E-state index is 11.2. The second-order valence-electron chi connectivity index (χ2n) is 3.47. The summed E-state index contributed by atoms with van der Waals surface area (Å²) in [5.74, 6) is 0.784. The molecule has 2 aliphatic rings. The third-order valence-electron chi connectivity index (χ3n) is 2.80. The fourth-order valence-corrected chi connectivity index (χ4v) is 2.19. The second kappa shape index (κ2) is 2.36. The van der Waals surface area contributed by atoms with E-state index in [-0.39, 0.29) is 17.6 Å². The van der Waals surface area contributed by atoms with Gasteiger partial charge in [0, 0.05) is 17.9 Å². The van der Waals surface area contributed by atoms with E-state index in [1.807, 2.05) is 0 Å². The van der Waals surface area contributed by atoms with Gasteiger partial charge in [-0.3, -0.25) is 4.79 Å². The van der Waals surface area contributed by atoms with Crippen molar-refractivity contribution in [2.24, 2.45) is 11.8 Å². The van der Waals surface area contributed by atoms with Crippen molar-refractivity contribution < 1.29 is 9.90 Å². The lowest BCUT2D eigenvalue weighted by atomic mass is 9.80. The first-order chi connectivity index (χ1) is 5.29. The van der Waals surface area contributed by atoms with E-state index < -0.39 is 0 Å². The molecule has 2 heteroatoms. The van der Waals surface area contributed by atoms with Crippen LogP contribution in [0, 0.1) is 11.8 Å². The van der Waals surface area contributed by atoms with Crippen molar-refractivity contribution in [2.45, 2.75) is 25.7 Å². The highest BCUT2D eigenvalue weighted by Crippen LogP contribution is 2.38. The van der Waals surface area contributed by atoms with Gasteiger partial charge in [0.2, 0.25) is 0 Å². The minimum atomic E-state index is 0.128. The minimum Gasteiger partial charge on any atom is -0.512 e. The van der Waals surface area contributed by atoms with Gasteiger partial charge >= 0.3 is 0 Å². The Bertz CT molecular complexity index is 218. The molecule has 0 aromatic heterocycles. The number of hydrogen-bond acceptors (Lipinski definition) is 2. The van der Waals surface area contributed by atoms with Crippen molar-refractivity contribution in [3.05, 3.63) is 11.8 Å². The molecular formula is C9H12O2. The summed E-state index contributed by atoms with van der Waals surface area (Å²) >= 11 is 0. The van der Waals surface area contributed by atoms with Crippen LogP contribution < -0.4 is 0 Å². The first kappa shape index (κ1) is 6.89. The smallest absolute Gasteiger partial charge is 0.162 e. The fraction of sp³-hybridized carbons (Fsp3) is 0.667. The average Bonchev–Trinajstić information content (AvgIpc) is 2.30. The quantitative estimate of drug-likeness (QED) is 0.574. The van der Waals surface area contributed by atoms with Crippen molar-refractivity contribution in [2.75, 3.05) is 0 Å². The van der Waals surface area contributed by atoms with Gasteiger partial charge in [-0.2, -0.15) is 0 Å². The molecule has 1 N–H and O–H groups in total. The molecule has 0 amide bonds. The molecule has 0 aliphatic heterocycles. The van der Waals surface area contributed by atoms with Crippen LogP contribution in [0.5, 0.6) is 0 Å². The highest BCUT2D eigenvalue weighted by atomic mass is 16.3. The molecule has 2 unspecified atom stereocenters. The first-order valence-corrected chi connectivity index (χ1v) is 4.23. The van der Waals surface area contributed by atoms with E-state index >= 15 is 0 Å². The van der Waals surface area contributed by atoms with Gasteiger partial charge in [0.15, 0.2) is 5.78 Å². The van der Waals surface area contributed by atoms with E-state index in [2.05, 4.69) is 0 Å². The number of carbonyl (C=O) groups is 1. The third-order valence-corrected chi connectivity index (χ3v) is 2.80. The molecule has 2 atom stereocenters. The van der Waals surface area contributed by atoms with Gasteiger partial charge in [-0.05, 0) is 12.8 Å². The molecule has 1 fully saturated rings. The molecule has 60 valence electrons. The summed E-state index contributed by atoms with van der Waals surface area (Å²) in [6.07, 6.45) is 5.70. The molecule has 11 heavy (non-hydrogen) atoms. The predicted molar refractivity (Wildman–Crippen MR) is 41.2 cm³/mol. The zero-order valence-corrected chi connectivity index (χ0v) is 6.42. The summed E-state index contributed by atoms with van der Waals surface area (Å²) in [7, 11) is 0. The molecule has 0 aromatic rings. The van der Waals surface area contributed by atoms with E-state index in [4.69, 9.17) is 0 Å². The number of aliphatic hydroxyl groups is 1. The maximum Gasteiger partial charge on any atom is 0.162 e. The molecule has 0 spiro atoms. The van der Waals surface area contributed by atoms with Crippen molar-refractivity contribution >= 4 is 5.78 Å². The Morgan fingerprint density at radius 2 is 1.91 bits per heavy atom. The number of rotatable bonds is 0. The highest BCUT2D eigenvalue weighted by molar-refractivity contribution is 5.95. The maximum atomic E-state index is 11.2. The van der Waals surface area contributed by atoms with Crippen LogP contribution in [0.3, 0.4) is 0 Å². The van der Waals surface area contributed by atoms with Gasteiger partial charge in [0.05, 0.1) is 5.76 Å². The normalized spacial score (nSPS) is 36.7. The van der Waals surface area contributed by atoms with Crippen molar-refractivity contribution in [1.29, 1.82) is 0 Å². The SMILES string of the molecule is O=C1C=C(O)C2CCCCC12. The van der Waals surface area contributed by atoms with Crippen LogP contribution in [-0.2, 0) is 4.79 Å². The van der Waals surface area contributed by atoms with E-state index in [1.165, 1.54) is 6.08 Å². The Balaban J connectivity index is 2.21. The second-order valence-corrected chi connectivity index (χ2v) is 3.47. The molecule has 0 saturated heterocycles. The number of carbonyl (C=O) groups excluding carboxylic acids is 1. The van der Waals surface area contributed by atoms with E-state index in [1.54, 1.807) is 0 Å². The highest BCUT2D eigenvalue weighted by Gasteiger charge is 2.37. The van der Waals surface area contributed by atoms with Gasteiger partial charge in [-0.15, -0.1) is 0 Å². The fourth-order valence-electron chi connectivity index (χ4n) is 2.19. The number of allylic oxidation sites excluding steroid dienone is 2. The monoisotopic (exact) mass is 152 g/mol. The molecule has 2 aliphatic carbocycles. The van der Waals surface area contributed by atoms with Gasteiger partial charge < -0.3 is 5.11 Å². The average molecular weight is 152 g/mol. The summed E-state index contributed by atoms with van der Waals surface area (Å²) in [6.45, 7) is 0. The van der Waals surface area contributed by atoms with Crippen LogP contribution in [0.2, 0.25) is 0 Å². The van der Waals surface area contributed by atoms with Crippen LogP contribution in [0.4, 0.5) is 0 Å². The first-order valence-electron chi connectivity index (χ1n) is 4.23. The molecule has 0 radical (unpaired) electrons. The molecular weight excluding hydrogens is 140 g/mol. The van der Waals surface area contributed by atoms with Crippen molar-refractivity contribution in [3.8, 4) is 0 Å². The molecule has 0 heterocycles. The topological polar surface area (TPSA) is 37.3 Å². The molecule has 2 rings (SSSR count). The molecule has 0 aromatic carbocycles. The summed E-state index contributed by atoms with van der Waals surface area (Å²) in [5, 5.41) is 9.34. The number of aliphatic hydroxyl groups excluding tert-OH is 1. The Morgan fingerprint density at radius 3 is 2.55 bits per heavy atom. The van der Waals surface area contributed by atoms with Crippen LogP contribution in [0.25, 0.3) is 0 Å². The minimum absolute atomic E-state index is 0.128. The number of ketones is 1. The van der Waals surface area contributed by atoms with Crippen LogP contribution >= 0.6 is 0 Å². The third kappa shape index (κ3) is 0.971. The lowest BCUT2D eigenvalue weighted by Crippen LogP contribution is -2.21. The number of hydrogen-bond donors (Lipinski definition) is 1. The van der Waals surface area contributed by atoms with E-state index in [9.17, 15) is 9.90 Å². The largest absolute Gasteiger partial charge is 0.512 e. The summed E-state index contributed by atoms with van der Waals surface area (Å²) < 4.78 is 0. The van der Waals surface area contributed by atoms with Gasteiger partial charge in [-0.25, -0.2) is 0 Å². The lowest BCUT2D eigenvalue weighted by molar-refractivity contribution is -0.119. The van der Waals surface area contributed by atoms with Crippen molar-refractivity contribution in [3.63, 3.8) is 0 Å². The lowest BCUT2D eigenvalue weighted by Gasteiger charge is -2.23. The number of fused-ring (bicyclic) bond motifs is 1. The van der Waals surface area contributed by atoms with Gasteiger partial charge in [-0.1, -0.05) is 12.8 Å². The van der Waals surface area contributed by atoms with Gasteiger partial charge in [0.1, 0.15) is 0 Å². The summed E-state index contributed by atoms with van der Waals surface area (Å²) in [4.78, 5) is 11.2. The summed E-state index contributed by atoms with van der Waals surface area (Å²) in [5.41, 5.74) is 0. The standard InChI is InChI=1S/C9H12O2/c10-8-5-9(11)7-4-2-1-3-6(7)8/h5-7,10H,1-4H2. The van der Waals surface area contributed by atoms with Crippen molar-refractivity contribution in [1.82, 2.24) is 0 Å². The molecule has 2 nitrogen and oxygen atoms in total. The van der Waals surface area contributed by atoms with E-state index in [0.717, 1.165) is 25.7 Å². The summed E-state index contributed by atoms with van der Waals surface area (Å²) in [6, 6.07) is 0. The Hall–Kier alpha value is -0.790. The zero-order valence-electron chi connectivity index (χ0n) is 6.42. The zero-order chi connectivity index (χ0) is 7.84. The van der Waals surface area contributed by atoms with Gasteiger partial charge in [0.25, 0.3) is 0 Å². The Morgan fingerprint density at radius 1 is 1.27 bits per heavy atom. The van der Waals surface area contributed by atoms with E-state index in [0.29, 0.717) is 5.76 Å².